The Bertz CT molecular complexity index is 634. The molecule has 0 saturated carbocycles. The highest BCUT2D eigenvalue weighted by Gasteiger charge is 2.30. The quantitative estimate of drug-likeness (QED) is 0.748. The van der Waals surface area contributed by atoms with Crippen molar-refractivity contribution in [1.29, 1.82) is 0 Å². The molecule has 94 valence electrons. The van der Waals surface area contributed by atoms with E-state index in [9.17, 15) is 0 Å². The monoisotopic (exact) mass is 240 g/mol. The topological polar surface area (TPSA) is 17.0 Å². The summed E-state index contributed by atoms with van der Waals surface area (Å²) in [7, 11) is 0. The first-order chi connectivity index (χ1) is 8.77. The smallest absolute Gasteiger partial charge is 0.0518 e. The van der Waals surface area contributed by atoms with E-state index in [2.05, 4.69) is 35.9 Å². The molecule has 2 aliphatic rings. The van der Waals surface area contributed by atoms with Crippen LogP contribution in [0.5, 0.6) is 0 Å². The van der Waals surface area contributed by atoms with Gasteiger partial charge >= 0.3 is 0 Å². The highest BCUT2D eigenvalue weighted by molar-refractivity contribution is 5.89. The largest absolute Gasteiger partial charge is 0.341 e. The van der Waals surface area contributed by atoms with Gasteiger partial charge in [0.15, 0.2) is 0 Å². The van der Waals surface area contributed by atoms with Crippen LogP contribution in [0.4, 0.5) is 0 Å². The highest BCUT2D eigenvalue weighted by atomic mass is 15.1. The van der Waals surface area contributed by atoms with Crippen LogP contribution in [0.1, 0.15) is 41.3 Å². The van der Waals surface area contributed by atoms with Crippen LogP contribution in [0, 0.1) is 13.8 Å². The zero-order valence-electron chi connectivity index (χ0n) is 11.2. The molecule has 1 aliphatic carbocycles. The lowest BCUT2D eigenvalue weighted by molar-refractivity contribution is 0.384. The number of nitrogens with zero attached hydrogens (tertiary/aromatic N) is 1. The fourth-order valence-corrected chi connectivity index (χ4v) is 3.88. The first-order valence-electron chi connectivity index (χ1n) is 7.12. The van der Waals surface area contributed by atoms with E-state index >= 15 is 0 Å². The van der Waals surface area contributed by atoms with Gasteiger partial charge in [0.2, 0.25) is 0 Å². The molecule has 1 aromatic carbocycles. The summed E-state index contributed by atoms with van der Waals surface area (Å²) >= 11 is 0. The summed E-state index contributed by atoms with van der Waals surface area (Å²) in [6.07, 6.45) is 3.90. The summed E-state index contributed by atoms with van der Waals surface area (Å²) in [5.74, 6) is 0. The van der Waals surface area contributed by atoms with E-state index in [4.69, 9.17) is 0 Å². The summed E-state index contributed by atoms with van der Waals surface area (Å²) in [5, 5.41) is 5.21. The van der Waals surface area contributed by atoms with Crippen LogP contribution in [-0.4, -0.2) is 11.1 Å². The van der Waals surface area contributed by atoms with Crippen molar-refractivity contribution in [3.63, 3.8) is 0 Å². The van der Waals surface area contributed by atoms with Crippen molar-refractivity contribution in [2.45, 2.75) is 45.7 Å². The first kappa shape index (κ1) is 10.6. The van der Waals surface area contributed by atoms with Crippen molar-refractivity contribution >= 4 is 10.9 Å². The van der Waals surface area contributed by atoms with Gasteiger partial charge in [-0.3, -0.25) is 0 Å². The van der Waals surface area contributed by atoms with Gasteiger partial charge in [-0.15, -0.1) is 0 Å². The third kappa shape index (κ3) is 1.22. The van der Waals surface area contributed by atoms with Crippen LogP contribution in [0.2, 0.25) is 0 Å². The van der Waals surface area contributed by atoms with Gasteiger partial charge in [0.05, 0.1) is 5.52 Å². The predicted octanol–water partition coefficient (Wildman–Crippen LogP) is 3.24. The van der Waals surface area contributed by atoms with Crippen LogP contribution >= 0.6 is 0 Å². The average Bonchev–Trinajstić information content (AvgIpc) is 2.72. The Kier molecular flexibility index (Phi) is 2.13. The van der Waals surface area contributed by atoms with Gasteiger partial charge < -0.3 is 9.88 Å². The normalized spacial score (nSPS) is 22.2. The molecule has 0 spiro atoms. The number of hydrogen-bond donors (Lipinski definition) is 1. The minimum absolute atomic E-state index is 0.606. The standard InChI is InChI=1S/C16H20N2/c1-10-6-7-13-12-4-3-5-14-16(12)18(9-8-17-14)15(13)11(10)2/h6-7,14,17H,3-5,8-9H2,1-2H3. The first-order valence-corrected chi connectivity index (χ1v) is 7.12. The molecular weight excluding hydrogens is 220 g/mol. The van der Waals surface area contributed by atoms with Crippen molar-refractivity contribution in [1.82, 2.24) is 9.88 Å². The second kappa shape index (κ2) is 3.61. The summed E-state index contributed by atoms with van der Waals surface area (Å²) in [6.45, 7) is 6.76. The van der Waals surface area contributed by atoms with Crippen molar-refractivity contribution in [3.05, 3.63) is 34.5 Å². The lowest BCUT2D eigenvalue weighted by Gasteiger charge is -2.31. The SMILES string of the molecule is Cc1ccc2c3c4n(c2c1C)CCNC4CCC3. The lowest BCUT2D eigenvalue weighted by Crippen LogP contribution is -2.35. The molecule has 2 aromatic rings. The van der Waals surface area contributed by atoms with Crippen molar-refractivity contribution in [2.24, 2.45) is 0 Å². The van der Waals surface area contributed by atoms with Gasteiger partial charge in [0.25, 0.3) is 0 Å². The number of aromatic nitrogens is 1. The van der Waals surface area contributed by atoms with Gasteiger partial charge in [0, 0.05) is 30.2 Å². The molecule has 1 unspecified atom stereocenters. The number of rotatable bonds is 0. The van der Waals surface area contributed by atoms with E-state index < -0.39 is 0 Å². The third-order valence-corrected chi connectivity index (χ3v) is 4.87. The number of benzene rings is 1. The molecule has 1 aliphatic heterocycles. The zero-order valence-corrected chi connectivity index (χ0v) is 11.2. The van der Waals surface area contributed by atoms with Crippen LogP contribution in [0.25, 0.3) is 10.9 Å². The van der Waals surface area contributed by atoms with Crippen molar-refractivity contribution in [3.8, 4) is 0 Å². The molecule has 2 heterocycles. The van der Waals surface area contributed by atoms with Gasteiger partial charge in [-0.2, -0.15) is 0 Å². The van der Waals surface area contributed by atoms with Gasteiger partial charge in [-0.05, 0) is 49.8 Å². The van der Waals surface area contributed by atoms with Gasteiger partial charge in [-0.25, -0.2) is 0 Å². The molecule has 0 amide bonds. The zero-order chi connectivity index (χ0) is 12.3. The van der Waals surface area contributed by atoms with Crippen molar-refractivity contribution < 1.29 is 0 Å². The Morgan fingerprint density at radius 2 is 2.17 bits per heavy atom. The van der Waals surface area contributed by atoms with Crippen LogP contribution < -0.4 is 5.32 Å². The molecular formula is C16H20N2. The summed E-state index contributed by atoms with van der Waals surface area (Å²) in [4.78, 5) is 0. The molecule has 0 bridgehead atoms. The van der Waals surface area contributed by atoms with E-state index in [1.807, 2.05) is 0 Å². The van der Waals surface area contributed by atoms with Crippen LogP contribution in [-0.2, 0) is 13.0 Å². The summed E-state index contributed by atoms with van der Waals surface area (Å²) < 4.78 is 2.60. The Morgan fingerprint density at radius 3 is 3.06 bits per heavy atom. The number of aryl methyl sites for hydroxylation is 3. The van der Waals surface area contributed by atoms with E-state index in [1.165, 1.54) is 41.3 Å². The maximum Gasteiger partial charge on any atom is 0.0518 e. The van der Waals surface area contributed by atoms with E-state index in [1.54, 1.807) is 11.3 Å². The Morgan fingerprint density at radius 1 is 1.28 bits per heavy atom. The number of fused-ring (bicyclic) bond motifs is 3. The molecule has 2 heteroatoms. The van der Waals surface area contributed by atoms with E-state index in [-0.39, 0.29) is 0 Å². The molecule has 4 rings (SSSR count). The Hall–Kier alpha value is -1.28. The summed E-state index contributed by atoms with van der Waals surface area (Å²) in [5.41, 5.74) is 7.62. The fraction of sp³-hybridized carbons (Fsp3) is 0.500. The molecule has 0 saturated heterocycles. The van der Waals surface area contributed by atoms with E-state index in [0.717, 1.165) is 13.1 Å². The fourth-order valence-electron chi connectivity index (χ4n) is 3.88. The van der Waals surface area contributed by atoms with Crippen molar-refractivity contribution in [2.75, 3.05) is 6.54 Å². The predicted molar refractivity (Wildman–Crippen MR) is 75.1 cm³/mol. The average molecular weight is 240 g/mol. The Labute approximate surface area is 108 Å². The molecule has 1 N–H and O–H groups in total. The molecule has 0 fully saturated rings. The molecule has 1 aromatic heterocycles. The second-order valence-electron chi connectivity index (χ2n) is 5.82. The highest BCUT2D eigenvalue weighted by Crippen LogP contribution is 2.40. The minimum Gasteiger partial charge on any atom is -0.341 e. The van der Waals surface area contributed by atoms with Crippen LogP contribution in [0.15, 0.2) is 12.1 Å². The number of nitrogens with one attached hydrogen (secondary N) is 1. The maximum absolute atomic E-state index is 3.69. The summed E-state index contributed by atoms with van der Waals surface area (Å²) in [6, 6.07) is 5.24. The molecule has 1 atom stereocenters. The van der Waals surface area contributed by atoms with E-state index in [0.29, 0.717) is 6.04 Å². The molecule has 0 radical (unpaired) electrons. The second-order valence-corrected chi connectivity index (χ2v) is 5.82. The molecule has 2 nitrogen and oxygen atoms in total. The third-order valence-electron chi connectivity index (χ3n) is 4.87. The lowest BCUT2D eigenvalue weighted by atomic mass is 9.90. The number of hydrogen-bond acceptors (Lipinski definition) is 1. The maximum atomic E-state index is 3.69. The Balaban J connectivity index is 2.15. The van der Waals surface area contributed by atoms with Crippen LogP contribution in [0.3, 0.4) is 0 Å². The van der Waals surface area contributed by atoms with Gasteiger partial charge in [-0.1, -0.05) is 12.1 Å². The molecule has 18 heavy (non-hydrogen) atoms. The minimum atomic E-state index is 0.606. The van der Waals surface area contributed by atoms with Gasteiger partial charge in [0.1, 0.15) is 0 Å².